The summed E-state index contributed by atoms with van der Waals surface area (Å²) in [5.41, 5.74) is 18.6. The number of aliphatic hydroxyl groups excluding tert-OH is 1. The number of hydrogen-bond donors (Lipinski definition) is 4. The minimum Gasteiger partial charge on any atom is -0.396 e. The lowest BCUT2D eigenvalue weighted by molar-refractivity contribution is -0.120. The highest BCUT2D eigenvalue weighted by Gasteiger charge is 2.26. The van der Waals surface area contributed by atoms with Crippen LogP contribution in [0.5, 0.6) is 0 Å². The number of aliphatic imine (C=N–C) groups is 1. The van der Waals surface area contributed by atoms with Crippen LogP contribution in [0.3, 0.4) is 0 Å². The van der Waals surface area contributed by atoms with Crippen molar-refractivity contribution in [3.63, 3.8) is 0 Å². The Balaban J connectivity index is 2.93. The number of carbonyl (C=O) groups excluding carboxylic acids is 1. The number of nitrogens with zero attached hydrogens (tertiary/aromatic N) is 4. The Bertz CT molecular complexity index is 1040. The summed E-state index contributed by atoms with van der Waals surface area (Å²) in [6.07, 6.45) is 3.17. The number of nitrogens with one attached hydrogen (secondary N) is 1. The number of hydrogen-bond acceptors (Lipinski definition) is 6. The van der Waals surface area contributed by atoms with Crippen molar-refractivity contribution in [1.82, 2.24) is 15.0 Å². The minimum atomic E-state index is -0.534. The summed E-state index contributed by atoms with van der Waals surface area (Å²) < 4.78 is 1.84. The highest BCUT2D eigenvalue weighted by molar-refractivity contribution is 6.02. The molecule has 0 saturated heterocycles. The number of benzene rings is 1. The number of amides is 1. The van der Waals surface area contributed by atoms with Gasteiger partial charge in [0.1, 0.15) is 17.5 Å². The zero-order valence-electron chi connectivity index (χ0n) is 19.0. The zero-order valence-corrected chi connectivity index (χ0v) is 19.0. The van der Waals surface area contributed by atoms with Gasteiger partial charge in [0.2, 0.25) is 0 Å². The van der Waals surface area contributed by atoms with Crippen molar-refractivity contribution in [2.75, 3.05) is 20.7 Å². The van der Waals surface area contributed by atoms with Crippen molar-refractivity contribution in [3.8, 4) is 17.2 Å². The van der Waals surface area contributed by atoms with Gasteiger partial charge >= 0.3 is 0 Å². The molecule has 2 aromatic rings. The van der Waals surface area contributed by atoms with Crippen LogP contribution < -0.4 is 16.9 Å². The van der Waals surface area contributed by atoms with Crippen molar-refractivity contribution < 1.29 is 9.90 Å². The molecular formula is C23H31N7O2. The fraction of sp³-hybridized carbons (Fsp3) is 0.348. The predicted molar refractivity (Wildman–Crippen MR) is 127 cm³/mol. The molecule has 1 heterocycles. The van der Waals surface area contributed by atoms with E-state index in [4.69, 9.17) is 11.5 Å². The van der Waals surface area contributed by atoms with Crippen molar-refractivity contribution >= 4 is 24.1 Å². The van der Waals surface area contributed by atoms with Crippen LogP contribution in [0.2, 0.25) is 0 Å². The van der Waals surface area contributed by atoms with E-state index in [-0.39, 0.29) is 12.2 Å². The monoisotopic (exact) mass is 437 g/mol. The lowest BCUT2D eigenvalue weighted by Crippen LogP contribution is -2.36. The lowest BCUT2D eigenvalue weighted by Gasteiger charge is -2.13. The molecule has 6 N–H and O–H groups in total. The summed E-state index contributed by atoms with van der Waals surface area (Å²) in [6, 6.07) is 9.46. The maximum absolute atomic E-state index is 12.6. The third kappa shape index (κ3) is 5.62. The largest absolute Gasteiger partial charge is 0.396 e. The Morgan fingerprint density at radius 3 is 2.53 bits per heavy atom. The van der Waals surface area contributed by atoms with E-state index < -0.39 is 11.9 Å². The fourth-order valence-corrected chi connectivity index (χ4v) is 3.46. The Hall–Kier alpha value is -3.45. The van der Waals surface area contributed by atoms with Gasteiger partial charge < -0.3 is 21.1 Å². The first-order valence-electron chi connectivity index (χ1n) is 10.3. The molecule has 0 aliphatic carbocycles. The molecule has 0 aliphatic heterocycles. The number of rotatable bonds is 9. The number of nitriles is 1. The lowest BCUT2D eigenvalue weighted by atomic mass is 9.96. The SMILES string of the molecule is Cc1ccc(-c2c(C(C)N)c(/N=C\N)n(CCCO)c2/C=C(\C#N)C(=O)NN(C)C)cc1. The molecule has 1 unspecified atom stereocenters. The molecular weight excluding hydrogens is 406 g/mol. The van der Waals surface area contributed by atoms with Crippen LogP contribution in [0.25, 0.3) is 17.2 Å². The molecule has 1 aromatic carbocycles. The van der Waals surface area contributed by atoms with E-state index in [2.05, 4.69) is 10.4 Å². The molecule has 0 fully saturated rings. The molecule has 0 aliphatic rings. The maximum atomic E-state index is 12.6. The van der Waals surface area contributed by atoms with Crippen molar-refractivity contribution in [3.05, 3.63) is 46.7 Å². The van der Waals surface area contributed by atoms with E-state index in [0.717, 1.165) is 22.3 Å². The molecule has 0 bridgehead atoms. The van der Waals surface area contributed by atoms with Gasteiger partial charge in [-0.1, -0.05) is 29.8 Å². The van der Waals surface area contributed by atoms with Crippen LogP contribution in [0.1, 0.15) is 36.2 Å². The molecule has 9 nitrogen and oxygen atoms in total. The molecule has 170 valence electrons. The number of hydrazine groups is 1. The van der Waals surface area contributed by atoms with Gasteiger partial charge in [-0.15, -0.1) is 0 Å². The van der Waals surface area contributed by atoms with E-state index in [0.29, 0.717) is 24.5 Å². The first-order chi connectivity index (χ1) is 15.2. The number of aryl methyl sites for hydroxylation is 1. The number of nitrogens with two attached hydrogens (primary N) is 2. The van der Waals surface area contributed by atoms with Gasteiger partial charge in [0.05, 0.1) is 12.0 Å². The second kappa shape index (κ2) is 11.2. The third-order valence-electron chi connectivity index (χ3n) is 4.82. The Morgan fingerprint density at radius 1 is 1.38 bits per heavy atom. The van der Waals surface area contributed by atoms with Gasteiger partial charge in [-0.3, -0.25) is 10.2 Å². The van der Waals surface area contributed by atoms with Gasteiger partial charge in [-0.25, -0.2) is 10.0 Å². The minimum absolute atomic E-state index is 0.0350. The predicted octanol–water partition coefficient (Wildman–Crippen LogP) is 1.98. The van der Waals surface area contributed by atoms with Crippen LogP contribution in [0, 0.1) is 18.3 Å². The van der Waals surface area contributed by atoms with Crippen molar-refractivity contribution in [1.29, 1.82) is 5.26 Å². The summed E-state index contributed by atoms with van der Waals surface area (Å²) in [5.74, 6) is -0.00318. The Morgan fingerprint density at radius 2 is 2.03 bits per heavy atom. The Kier molecular flexibility index (Phi) is 8.72. The Labute approximate surface area is 188 Å². The van der Waals surface area contributed by atoms with Gasteiger partial charge in [-0.2, -0.15) is 5.26 Å². The molecule has 1 amide bonds. The number of aromatic nitrogens is 1. The van der Waals surface area contributed by atoms with E-state index in [1.807, 2.05) is 48.7 Å². The zero-order chi connectivity index (χ0) is 23.8. The topological polar surface area (TPSA) is 146 Å². The smallest absolute Gasteiger partial charge is 0.276 e. The van der Waals surface area contributed by atoms with Crippen LogP contribution in [0.4, 0.5) is 5.82 Å². The fourth-order valence-electron chi connectivity index (χ4n) is 3.46. The van der Waals surface area contributed by atoms with Crippen molar-refractivity contribution in [2.24, 2.45) is 16.5 Å². The third-order valence-corrected chi connectivity index (χ3v) is 4.82. The summed E-state index contributed by atoms with van der Waals surface area (Å²) in [4.78, 5) is 17.0. The van der Waals surface area contributed by atoms with Gasteiger partial charge in [0.15, 0.2) is 0 Å². The molecule has 9 heteroatoms. The summed E-state index contributed by atoms with van der Waals surface area (Å²) in [7, 11) is 3.33. The molecule has 1 atom stereocenters. The normalized spacial score (nSPS) is 12.9. The molecule has 0 saturated carbocycles. The van der Waals surface area contributed by atoms with Crippen LogP contribution >= 0.6 is 0 Å². The average molecular weight is 438 g/mol. The van der Waals surface area contributed by atoms with E-state index in [1.54, 1.807) is 14.1 Å². The number of aliphatic hydroxyl groups is 1. The molecule has 2 rings (SSSR count). The number of carbonyl (C=O) groups is 1. The summed E-state index contributed by atoms with van der Waals surface area (Å²) in [5, 5.41) is 20.6. The van der Waals surface area contributed by atoms with Gasteiger partial charge in [0, 0.05) is 44.4 Å². The molecule has 0 radical (unpaired) electrons. The molecule has 1 aromatic heterocycles. The first-order valence-corrected chi connectivity index (χ1v) is 10.3. The second-order valence-electron chi connectivity index (χ2n) is 7.66. The highest BCUT2D eigenvalue weighted by Crippen LogP contribution is 2.42. The summed E-state index contributed by atoms with van der Waals surface area (Å²) >= 11 is 0. The van der Waals surface area contributed by atoms with Gasteiger partial charge in [0.25, 0.3) is 5.91 Å². The van der Waals surface area contributed by atoms with Crippen LogP contribution in [0.15, 0.2) is 34.8 Å². The second-order valence-corrected chi connectivity index (χ2v) is 7.66. The average Bonchev–Trinajstić information content (AvgIpc) is 3.03. The first kappa shape index (κ1) is 24.8. The maximum Gasteiger partial charge on any atom is 0.276 e. The van der Waals surface area contributed by atoms with Crippen LogP contribution in [-0.4, -0.2) is 47.6 Å². The molecule has 0 spiro atoms. The van der Waals surface area contributed by atoms with E-state index in [1.165, 1.54) is 17.4 Å². The standard InChI is InChI=1S/C23H31N7O2/c1-15-6-8-17(9-7-15)21-19(12-18(13-24)23(32)28-29(3)4)30(10-5-11-31)22(27-14-25)20(21)16(2)26/h6-9,12,14,16,31H,5,10-11,26H2,1-4H3,(H2,25,27)(H,28,32)/b18-12+. The quantitative estimate of drug-likeness (QED) is 0.155. The van der Waals surface area contributed by atoms with E-state index >= 15 is 0 Å². The highest BCUT2D eigenvalue weighted by atomic mass is 16.3. The molecule has 32 heavy (non-hydrogen) atoms. The van der Waals surface area contributed by atoms with E-state index in [9.17, 15) is 15.2 Å². The van der Waals surface area contributed by atoms with Crippen LogP contribution in [-0.2, 0) is 11.3 Å². The van der Waals surface area contributed by atoms with Crippen molar-refractivity contribution in [2.45, 2.75) is 32.9 Å². The van der Waals surface area contributed by atoms with Gasteiger partial charge in [-0.05, 0) is 31.9 Å². The summed E-state index contributed by atoms with van der Waals surface area (Å²) in [6.45, 7) is 4.20.